The van der Waals surface area contributed by atoms with E-state index in [1.807, 2.05) is 35.2 Å². The summed E-state index contributed by atoms with van der Waals surface area (Å²) in [5, 5.41) is 10.8. The van der Waals surface area contributed by atoms with Crippen molar-refractivity contribution in [2.24, 2.45) is 10.9 Å². The van der Waals surface area contributed by atoms with E-state index in [1.165, 1.54) is 11.9 Å². The summed E-state index contributed by atoms with van der Waals surface area (Å²) >= 11 is 0. The molecule has 4 rings (SSSR count). The summed E-state index contributed by atoms with van der Waals surface area (Å²) in [6.45, 7) is 2.94. The number of likely N-dealkylation sites (tertiary alicyclic amines) is 1. The molecule has 9 heteroatoms. The predicted molar refractivity (Wildman–Crippen MR) is 140 cm³/mol. The summed E-state index contributed by atoms with van der Waals surface area (Å²) < 4.78 is 1.73. The van der Waals surface area contributed by atoms with Gasteiger partial charge in [-0.05, 0) is 29.7 Å². The van der Waals surface area contributed by atoms with E-state index in [-0.39, 0.29) is 29.9 Å². The third kappa shape index (κ3) is 7.01. The smallest absolute Gasteiger partial charge is 0.223 e. The van der Waals surface area contributed by atoms with E-state index in [9.17, 15) is 4.79 Å². The highest BCUT2D eigenvalue weighted by atomic mass is 127. The molecule has 1 aliphatic heterocycles. The maximum Gasteiger partial charge on any atom is 0.223 e. The molecule has 2 aromatic carbocycles. The van der Waals surface area contributed by atoms with Crippen LogP contribution in [-0.2, 0) is 17.8 Å². The summed E-state index contributed by atoms with van der Waals surface area (Å²) in [6, 6.07) is 18.4. The number of hydrogen-bond donors (Lipinski definition) is 2. The minimum atomic E-state index is 0. The molecule has 1 aromatic heterocycles. The molecule has 1 saturated heterocycles. The van der Waals surface area contributed by atoms with Crippen LogP contribution in [0.25, 0.3) is 5.69 Å². The summed E-state index contributed by atoms with van der Waals surface area (Å²) in [7, 11) is 1.76. The first-order chi connectivity index (χ1) is 15.7. The molecule has 1 atom stereocenters. The Morgan fingerprint density at radius 1 is 1.09 bits per heavy atom. The Kier molecular flexibility index (Phi) is 9.23. The minimum absolute atomic E-state index is 0. The number of aliphatic imine (C=N–C) groups is 1. The van der Waals surface area contributed by atoms with Crippen LogP contribution in [-0.4, -0.2) is 58.2 Å². The Bertz CT molecular complexity index is 1020. The lowest BCUT2D eigenvalue weighted by Crippen LogP contribution is -2.40. The molecule has 1 fully saturated rings. The highest BCUT2D eigenvalue weighted by Crippen LogP contribution is 2.17. The summed E-state index contributed by atoms with van der Waals surface area (Å²) in [6.07, 6.45) is 4.68. The highest BCUT2D eigenvalue weighted by molar-refractivity contribution is 14.0. The van der Waals surface area contributed by atoms with Gasteiger partial charge in [-0.25, -0.2) is 9.67 Å². The van der Waals surface area contributed by atoms with Crippen LogP contribution in [0.3, 0.4) is 0 Å². The van der Waals surface area contributed by atoms with Crippen molar-refractivity contribution in [2.45, 2.75) is 19.4 Å². The maximum absolute atomic E-state index is 12.4. The lowest BCUT2D eigenvalue weighted by atomic mass is 10.1. The summed E-state index contributed by atoms with van der Waals surface area (Å²) in [4.78, 5) is 22.6. The molecule has 3 aromatic rings. The number of aromatic nitrogens is 3. The van der Waals surface area contributed by atoms with Crippen molar-refractivity contribution >= 4 is 35.8 Å². The third-order valence-electron chi connectivity index (χ3n) is 5.67. The molecule has 174 valence electrons. The van der Waals surface area contributed by atoms with Gasteiger partial charge in [0.1, 0.15) is 12.7 Å². The van der Waals surface area contributed by atoms with Gasteiger partial charge in [0.05, 0.1) is 5.69 Å². The monoisotopic (exact) mass is 559 g/mol. The van der Waals surface area contributed by atoms with Crippen molar-refractivity contribution in [3.05, 3.63) is 78.4 Å². The van der Waals surface area contributed by atoms with Crippen molar-refractivity contribution in [3.63, 3.8) is 0 Å². The number of rotatable bonds is 8. The van der Waals surface area contributed by atoms with Crippen LogP contribution in [0.5, 0.6) is 0 Å². The first kappa shape index (κ1) is 24.7. The largest absolute Gasteiger partial charge is 0.356 e. The Morgan fingerprint density at radius 3 is 2.58 bits per heavy atom. The summed E-state index contributed by atoms with van der Waals surface area (Å²) in [5.74, 6) is 1.27. The van der Waals surface area contributed by atoms with Gasteiger partial charge < -0.3 is 15.5 Å². The molecule has 2 heterocycles. The number of carbonyl (C=O) groups is 1. The maximum atomic E-state index is 12.4. The lowest BCUT2D eigenvalue weighted by molar-refractivity contribution is -0.127. The van der Waals surface area contributed by atoms with Crippen LogP contribution in [0.1, 0.15) is 17.5 Å². The second kappa shape index (κ2) is 12.3. The van der Waals surface area contributed by atoms with E-state index in [1.54, 1.807) is 18.1 Å². The topological polar surface area (TPSA) is 87.4 Å². The molecule has 0 spiro atoms. The number of carbonyl (C=O) groups excluding carboxylic acids is 1. The van der Waals surface area contributed by atoms with Gasteiger partial charge in [0, 0.05) is 45.6 Å². The van der Waals surface area contributed by atoms with Crippen LogP contribution in [0.2, 0.25) is 0 Å². The number of hydrogen-bond acceptors (Lipinski definition) is 4. The van der Waals surface area contributed by atoms with Gasteiger partial charge in [-0.15, -0.1) is 24.0 Å². The minimum Gasteiger partial charge on any atom is -0.356 e. The van der Waals surface area contributed by atoms with Gasteiger partial charge in [0.2, 0.25) is 5.91 Å². The molecule has 0 bridgehead atoms. The molecule has 1 amide bonds. The normalized spacial score (nSPS) is 15.9. The van der Waals surface area contributed by atoms with E-state index in [0.29, 0.717) is 18.9 Å². The van der Waals surface area contributed by atoms with Crippen LogP contribution in [0.15, 0.2) is 72.2 Å². The number of nitrogens with one attached hydrogen (secondary N) is 2. The quantitative estimate of drug-likeness (QED) is 0.252. The second-order valence-corrected chi connectivity index (χ2v) is 7.96. The standard InChI is InChI=1S/C24H29N7O.HI/c1-25-24(27-14-20-7-9-22(10-8-20)31-18-26-17-29-31)28-15-21-13-23(32)30(16-21)12-11-19-5-3-2-4-6-19;/h2-10,17-18,21H,11-16H2,1H3,(H2,25,27,28);1H. The number of halogens is 1. The fourth-order valence-electron chi connectivity index (χ4n) is 3.87. The van der Waals surface area contributed by atoms with Crippen molar-refractivity contribution in [1.82, 2.24) is 30.3 Å². The number of amides is 1. The van der Waals surface area contributed by atoms with Crippen molar-refractivity contribution in [3.8, 4) is 5.69 Å². The molecule has 33 heavy (non-hydrogen) atoms. The molecule has 0 saturated carbocycles. The highest BCUT2D eigenvalue weighted by Gasteiger charge is 2.29. The zero-order valence-corrected chi connectivity index (χ0v) is 21.1. The Morgan fingerprint density at radius 2 is 1.88 bits per heavy atom. The Hall–Kier alpha value is -2.95. The van der Waals surface area contributed by atoms with Crippen molar-refractivity contribution < 1.29 is 4.79 Å². The molecular weight excluding hydrogens is 529 g/mol. The van der Waals surface area contributed by atoms with Crippen LogP contribution in [0, 0.1) is 5.92 Å². The van der Waals surface area contributed by atoms with Gasteiger partial charge in [-0.3, -0.25) is 9.79 Å². The number of guanidine groups is 1. The Labute approximate surface area is 211 Å². The number of nitrogens with zero attached hydrogens (tertiary/aromatic N) is 5. The van der Waals surface area contributed by atoms with Gasteiger partial charge in [0.15, 0.2) is 5.96 Å². The van der Waals surface area contributed by atoms with Crippen LogP contribution < -0.4 is 10.6 Å². The summed E-state index contributed by atoms with van der Waals surface area (Å²) in [5.41, 5.74) is 3.37. The van der Waals surface area contributed by atoms with E-state index in [0.717, 1.165) is 43.3 Å². The van der Waals surface area contributed by atoms with E-state index in [4.69, 9.17) is 0 Å². The first-order valence-corrected chi connectivity index (χ1v) is 10.9. The van der Waals surface area contributed by atoms with Crippen molar-refractivity contribution in [1.29, 1.82) is 0 Å². The van der Waals surface area contributed by atoms with E-state index < -0.39 is 0 Å². The Balaban J connectivity index is 0.00000306. The zero-order valence-electron chi connectivity index (χ0n) is 18.7. The molecule has 1 aliphatic rings. The van der Waals surface area contributed by atoms with Gasteiger partial charge in [-0.2, -0.15) is 5.10 Å². The number of benzene rings is 2. The predicted octanol–water partition coefficient (Wildman–Crippen LogP) is 2.64. The van der Waals surface area contributed by atoms with Gasteiger partial charge >= 0.3 is 0 Å². The average molecular weight is 559 g/mol. The second-order valence-electron chi connectivity index (χ2n) is 7.96. The third-order valence-corrected chi connectivity index (χ3v) is 5.67. The molecule has 2 N–H and O–H groups in total. The zero-order chi connectivity index (χ0) is 22.2. The lowest BCUT2D eigenvalue weighted by Gasteiger charge is -2.18. The molecule has 1 unspecified atom stereocenters. The fourth-order valence-corrected chi connectivity index (χ4v) is 3.87. The first-order valence-electron chi connectivity index (χ1n) is 10.9. The molecule has 0 aliphatic carbocycles. The molecule has 8 nitrogen and oxygen atoms in total. The van der Waals surface area contributed by atoms with Gasteiger partial charge in [-0.1, -0.05) is 42.5 Å². The van der Waals surface area contributed by atoms with Crippen LogP contribution >= 0.6 is 24.0 Å². The fraction of sp³-hybridized carbons (Fsp3) is 0.333. The van der Waals surface area contributed by atoms with Crippen molar-refractivity contribution in [2.75, 3.05) is 26.7 Å². The average Bonchev–Trinajstić information content (AvgIpc) is 3.49. The molecular formula is C24H30IN7O. The van der Waals surface area contributed by atoms with E-state index >= 15 is 0 Å². The van der Waals surface area contributed by atoms with E-state index in [2.05, 4.69) is 50.0 Å². The molecule has 0 radical (unpaired) electrons. The van der Waals surface area contributed by atoms with Crippen LogP contribution in [0.4, 0.5) is 0 Å². The van der Waals surface area contributed by atoms with Gasteiger partial charge in [0.25, 0.3) is 0 Å². The SMILES string of the molecule is CN=C(NCc1ccc(-n2cncn2)cc1)NCC1CC(=O)N(CCc2ccccc2)C1.I.